The summed E-state index contributed by atoms with van der Waals surface area (Å²) in [4.78, 5) is 63.2. The van der Waals surface area contributed by atoms with E-state index in [0.29, 0.717) is 18.4 Å². The molecule has 0 bridgehead atoms. The van der Waals surface area contributed by atoms with Gasteiger partial charge in [0.05, 0.1) is 11.8 Å². The van der Waals surface area contributed by atoms with Gasteiger partial charge in [0.2, 0.25) is 17.9 Å². The lowest BCUT2D eigenvalue weighted by atomic mass is 9.85. The summed E-state index contributed by atoms with van der Waals surface area (Å²) in [6, 6.07) is 6.20. The van der Waals surface area contributed by atoms with Crippen LogP contribution in [0.2, 0.25) is 0 Å². The molecule has 5 amide bonds. The number of ether oxygens (including phenoxy) is 1. The number of nitrogens with one attached hydrogen (secondary N) is 2. The van der Waals surface area contributed by atoms with Crippen LogP contribution in [0.4, 0.5) is 4.79 Å². The first kappa shape index (κ1) is 21.2. The summed E-state index contributed by atoms with van der Waals surface area (Å²) in [5, 5.41) is 4.33. The van der Waals surface area contributed by atoms with E-state index in [-0.39, 0.29) is 0 Å². The van der Waals surface area contributed by atoms with E-state index in [2.05, 4.69) is 10.6 Å². The average molecular weight is 413 g/mol. The number of imide groups is 2. The molecule has 0 aromatic heterocycles. The number of amides is 5. The second-order valence-electron chi connectivity index (χ2n) is 7.17. The van der Waals surface area contributed by atoms with Crippen LogP contribution in [-0.4, -0.2) is 47.7 Å². The van der Waals surface area contributed by atoms with Crippen molar-refractivity contribution in [2.45, 2.75) is 31.9 Å². The van der Waals surface area contributed by atoms with Crippen LogP contribution in [-0.2, 0) is 23.9 Å². The van der Waals surface area contributed by atoms with Crippen LogP contribution in [0, 0.1) is 11.8 Å². The largest absolute Gasteiger partial charge is 0.446 e. The zero-order valence-corrected chi connectivity index (χ0v) is 16.7. The highest BCUT2D eigenvalue weighted by Gasteiger charge is 2.50. The van der Waals surface area contributed by atoms with Crippen molar-refractivity contribution < 1.29 is 28.7 Å². The van der Waals surface area contributed by atoms with Crippen molar-refractivity contribution in [3.63, 3.8) is 0 Å². The number of hydrogen-bond donors (Lipinski definition) is 2. The number of allylic oxidation sites excluding steroid dienone is 2. The van der Waals surface area contributed by atoms with Crippen molar-refractivity contribution in [2.24, 2.45) is 11.8 Å². The lowest BCUT2D eigenvalue weighted by Crippen LogP contribution is -2.46. The first-order valence-electron chi connectivity index (χ1n) is 9.65. The summed E-state index contributed by atoms with van der Waals surface area (Å²) in [7, 11) is 1.34. The molecule has 158 valence electrons. The van der Waals surface area contributed by atoms with Crippen LogP contribution >= 0.6 is 0 Å². The Balaban J connectivity index is 1.78. The highest BCUT2D eigenvalue weighted by Crippen LogP contribution is 2.36. The van der Waals surface area contributed by atoms with Gasteiger partial charge < -0.3 is 10.1 Å². The van der Waals surface area contributed by atoms with Gasteiger partial charge in [0.15, 0.2) is 0 Å². The molecule has 4 atom stereocenters. The van der Waals surface area contributed by atoms with E-state index in [9.17, 15) is 24.0 Å². The Bertz CT molecular complexity index is 871. The van der Waals surface area contributed by atoms with Crippen molar-refractivity contribution in [3.8, 4) is 0 Å². The van der Waals surface area contributed by atoms with Crippen LogP contribution < -0.4 is 10.6 Å². The predicted molar refractivity (Wildman–Crippen MR) is 105 cm³/mol. The van der Waals surface area contributed by atoms with Crippen LogP contribution in [0.25, 0.3) is 0 Å². The number of carbonyl (C=O) groups is 5. The van der Waals surface area contributed by atoms with E-state index >= 15 is 0 Å². The Hall–Kier alpha value is -3.49. The number of hydrogen-bond acceptors (Lipinski definition) is 6. The number of benzene rings is 1. The first-order chi connectivity index (χ1) is 14.3. The van der Waals surface area contributed by atoms with Gasteiger partial charge in [-0.1, -0.05) is 42.5 Å². The van der Waals surface area contributed by atoms with Gasteiger partial charge in [0.1, 0.15) is 6.04 Å². The molecule has 30 heavy (non-hydrogen) atoms. The fourth-order valence-electron chi connectivity index (χ4n) is 3.67. The second-order valence-corrected chi connectivity index (χ2v) is 7.17. The molecule has 2 aliphatic rings. The van der Waals surface area contributed by atoms with Crippen molar-refractivity contribution >= 4 is 29.7 Å². The molecule has 1 aliphatic carbocycles. The van der Waals surface area contributed by atoms with Crippen LogP contribution in [0.3, 0.4) is 0 Å². The standard InChI is InChI=1S/C21H23N3O6/c1-12(24-18(26)14-10-6-7-11-15(14)19(24)27)20(28)30-16(13-8-4-3-5-9-13)17(25)23-21(29)22-2/h3-9,12,14-16H,10-11H2,1-2H3,(H2,22,23,25,29)/t12-,14-,15-,16-/m0/s1. The molecular weight excluding hydrogens is 390 g/mol. The lowest BCUT2D eigenvalue weighted by Gasteiger charge is -2.24. The summed E-state index contributed by atoms with van der Waals surface area (Å²) >= 11 is 0. The van der Waals surface area contributed by atoms with Gasteiger partial charge in [-0.15, -0.1) is 0 Å². The fraction of sp³-hybridized carbons (Fsp3) is 0.381. The number of fused-ring (bicyclic) bond motifs is 1. The maximum Gasteiger partial charge on any atom is 0.330 e. The number of esters is 1. The van der Waals surface area contributed by atoms with Gasteiger partial charge in [-0.3, -0.25) is 24.6 Å². The maximum atomic E-state index is 12.8. The van der Waals surface area contributed by atoms with E-state index < -0.39 is 53.7 Å². The Kier molecular flexibility index (Phi) is 6.29. The summed E-state index contributed by atoms with van der Waals surface area (Å²) in [5.74, 6) is -3.53. The van der Waals surface area contributed by atoms with Gasteiger partial charge in [-0.2, -0.15) is 0 Å². The molecule has 9 nitrogen and oxygen atoms in total. The van der Waals surface area contributed by atoms with Crippen molar-refractivity contribution in [1.29, 1.82) is 0 Å². The minimum absolute atomic E-state index is 0.344. The third kappa shape index (κ3) is 4.10. The summed E-state index contributed by atoms with van der Waals surface area (Å²) in [6.45, 7) is 1.39. The number of nitrogens with zero attached hydrogens (tertiary/aromatic N) is 1. The molecule has 3 rings (SSSR count). The molecule has 1 aromatic carbocycles. The smallest absolute Gasteiger partial charge is 0.330 e. The number of rotatable bonds is 5. The Morgan fingerprint density at radius 3 is 2.13 bits per heavy atom. The summed E-state index contributed by atoms with van der Waals surface area (Å²) < 4.78 is 5.38. The molecule has 0 saturated carbocycles. The molecule has 1 fully saturated rings. The van der Waals surface area contributed by atoms with Crippen molar-refractivity contribution in [3.05, 3.63) is 48.0 Å². The summed E-state index contributed by atoms with van der Waals surface area (Å²) in [5.41, 5.74) is 0.344. The SMILES string of the molecule is CNC(=O)NC(=O)[C@@H](OC(=O)[C@H](C)N1C(=O)[C@H]2CC=CC[C@@H]2C1=O)c1ccccc1. The topological polar surface area (TPSA) is 122 Å². The molecule has 1 aromatic rings. The van der Waals surface area contributed by atoms with Gasteiger partial charge >= 0.3 is 12.0 Å². The number of likely N-dealkylation sites (tertiary alicyclic amines) is 1. The zero-order chi connectivity index (χ0) is 21.8. The first-order valence-corrected chi connectivity index (χ1v) is 9.65. The molecule has 0 spiro atoms. The summed E-state index contributed by atoms with van der Waals surface area (Å²) in [6.07, 6.45) is 3.19. The third-order valence-corrected chi connectivity index (χ3v) is 5.31. The molecule has 2 N–H and O–H groups in total. The van der Waals surface area contributed by atoms with Crippen LogP contribution in [0.5, 0.6) is 0 Å². The quantitative estimate of drug-likeness (QED) is 0.423. The number of carbonyl (C=O) groups excluding carboxylic acids is 5. The van der Waals surface area contributed by atoms with E-state index in [1.54, 1.807) is 30.3 Å². The van der Waals surface area contributed by atoms with E-state index in [0.717, 1.165) is 4.90 Å². The van der Waals surface area contributed by atoms with Crippen molar-refractivity contribution in [2.75, 3.05) is 7.05 Å². The highest BCUT2D eigenvalue weighted by molar-refractivity contribution is 6.08. The average Bonchev–Trinajstić information content (AvgIpc) is 3.02. The third-order valence-electron chi connectivity index (χ3n) is 5.31. The highest BCUT2D eigenvalue weighted by atomic mass is 16.6. The van der Waals surface area contributed by atoms with E-state index in [1.807, 2.05) is 12.2 Å². The minimum atomic E-state index is -1.42. The van der Waals surface area contributed by atoms with E-state index in [4.69, 9.17) is 4.74 Å². The lowest BCUT2D eigenvalue weighted by molar-refractivity contribution is -0.165. The van der Waals surface area contributed by atoms with Gasteiger partial charge in [0.25, 0.3) is 5.91 Å². The molecule has 0 radical (unpaired) electrons. The van der Waals surface area contributed by atoms with E-state index in [1.165, 1.54) is 14.0 Å². The Labute approximate surface area is 173 Å². The van der Waals surface area contributed by atoms with Crippen LogP contribution in [0.15, 0.2) is 42.5 Å². The van der Waals surface area contributed by atoms with Gasteiger partial charge in [-0.05, 0) is 19.8 Å². The van der Waals surface area contributed by atoms with Crippen LogP contribution in [0.1, 0.15) is 31.4 Å². The monoisotopic (exact) mass is 413 g/mol. The normalized spacial score (nSPS) is 22.1. The molecule has 1 aliphatic heterocycles. The molecular formula is C21H23N3O6. The molecule has 0 unspecified atom stereocenters. The maximum absolute atomic E-state index is 12.8. The Morgan fingerprint density at radius 2 is 1.60 bits per heavy atom. The van der Waals surface area contributed by atoms with Gasteiger partial charge in [0, 0.05) is 12.6 Å². The zero-order valence-electron chi connectivity index (χ0n) is 16.7. The molecule has 9 heteroatoms. The predicted octanol–water partition coefficient (Wildman–Crippen LogP) is 1.07. The molecule has 1 heterocycles. The van der Waals surface area contributed by atoms with Crippen molar-refractivity contribution in [1.82, 2.24) is 15.5 Å². The number of urea groups is 1. The minimum Gasteiger partial charge on any atom is -0.446 e. The van der Waals surface area contributed by atoms with Gasteiger partial charge in [-0.25, -0.2) is 9.59 Å². The second kappa shape index (κ2) is 8.89. The Morgan fingerprint density at radius 1 is 1.03 bits per heavy atom. The molecule has 1 saturated heterocycles. The fourth-order valence-corrected chi connectivity index (χ4v) is 3.67.